The number of halogens is 3. The largest absolute Gasteiger partial charge is 0.444 e. The van der Waals surface area contributed by atoms with Crippen molar-refractivity contribution in [1.29, 1.82) is 0 Å². The van der Waals surface area contributed by atoms with Crippen LogP contribution in [0.1, 0.15) is 42.7 Å². The summed E-state index contributed by atoms with van der Waals surface area (Å²) in [5, 5.41) is 2.39. The third-order valence-corrected chi connectivity index (χ3v) is 3.33. The van der Waals surface area contributed by atoms with Gasteiger partial charge in [-0.3, -0.25) is 4.79 Å². The minimum atomic E-state index is -1.25. The first-order chi connectivity index (χ1) is 12.1. The van der Waals surface area contributed by atoms with E-state index in [0.29, 0.717) is 0 Å². The van der Waals surface area contributed by atoms with E-state index in [1.54, 1.807) is 20.8 Å². The number of benzene rings is 2. The zero-order chi connectivity index (χ0) is 19.5. The molecule has 2 aromatic rings. The molecule has 26 heavy (non-hydrogen) atoms. The lowest BCUT2D eigenvalue weighted by atomic mass is 9.97. The topological polar surface area (TPSA) is 55.4 Å². The number of Topliss-reactive ketones (excluding diaryl/α,β-unsaturated/α-hetero) is 1. The van der Waals surface area contributed by atoms with Gasteiger partial charge in [0.25, 0.3) is 0 Å². The van der Waals surface area contributed by atoms with Gasteiger partial charge in [0.1, 0.15) is 17.5 Å². The van der Waals surface area contributed by atoms with E-state index >= 15 is 0 Å². The molecule has 1 atom stereocenters. The van der Waals surface area contributed by atoms with Crippen molar-refractivity contribution in [3.8, 4) is 0 Å². The highest BCUT2D eigenvalue weighted by atomic mass is 19.2. The summed E-state index contributed by atoms with van der Waals surface area (Å²) >= 11 is 0. The maximum atomic E-state index is 13.5. The normalized spacial score (nSPS) is 12.4. The molecule has 0 aliphatic rings. The van der Waals surface area contributed by atoms with Crippen LogP contribution in [0.2, 0.25) is 0 Å². The van der Waals surface area contributed by atoms with Crippen molar-refractivity contribution in [2.45, 2.75) is 32.4 Å². The van der Waals surface area contributed by atoms with Gasteiger partial charge in [-0.25, -0.2) is 18.0 Å². The van der Waals surface area contributed by atoms with Crippen molar-refractivity contribution in [3.05, 3.63) is 71.0 Å². The second-order valence-electron chi connectivity index (χ2n) is 6.62. The van der Waals surface area contributed by atoms with Gasteiger partial charge in [-0.15, -0.1) is 0 Å². The number of hydrogen-bond acceptors (Lipinski definition) is 3. The van der Waals surface area contributed by atoms with Crippen LogP contribution < -0.4 is 5.32 Å². The summed E-state index contributed by atoms with van der Waals surface area (Å²) in [6.45, 7) is 4.95. The number of carbonyl (C=O) groups is 2. The Hall–Kier alpha value is -2.83. The lowest BCUT2D eigenvalue weighted by molar-refractivity contribution is 0.0490. The summed E-state index contributed by atoms with van der Waals surface area (Å²) in [6.07, 6.45) is -0.872. The highest BCUT2D eigenvalue weighted by Gasteiger charge is 2.27. The molecular weight excluding hydrogens is 347 g/mol. The van der Waals surface area contributed by atoms with E-state index in [2.05, 4.69) is 5.32 Å². The summed E-state index contributed by atoms with van der Waals surface area (Å²) in [7, 11) is 0. The summed E-state index contributed by atoms with van der Waals surface area (Å²) in [6, 6.07) is 6.28. The molecule has 1 N–H and O–H groups in total. The third kappa shape index (κ3) is 5.08. The Kier molecular flexibility index (Phi) is 5.69. The minimum Gasteiger partial charge on any atom is -0.444 e. The first-order valence-electron chi connectivity index (χ1n) is 7.81. The van der Waals surface area contributed by atoms with Crippen LogP contribution in [-0.2, 0) is 4.74 Å². The molecular formula is C19H18F3NO3. The highest BCUT2D eigenvalue weighted by molar-refractivity contribution is 6.02. The lowest BCUT2D eigenvalue weighted by Crippen LogP contribution is -2.38. The standard InChI is InChI=1S/C19H18F3NO3/c1-19(2,3)26-18(25)23-16(11-4-7-13(20)8-5-11)17(24)12-6-9-14(21)15(22)10-12/h4-10,16H,1-3H3,(H,23,25). The minimum absolute atomic E-state index is 0.144. The molecule has 138 valence electrons. The summed E-state index contributed by atoms with van der Waals surface area (Å²) in [5.41, 5.74) is -0.677. The molecule has 2 aromatic carbocycles. The second-order valence-corrected chi connectivity index (χ2v) is 6.62. The predicted molar refractivity (Wildman–Crippen MR) is 89.2 cm³/mol. The Bertz CT molecular complexity index is 814. The van der Waals surface area contributed by atoms with Crippen molar-refractivity contribution in [2.75, 3.05) is 0 Å². The SMILES string of the molecule is CC(C)(C)OC(=O)NC(C(=O)c1ccc(F)c(F)c1)c1ccc(F)cc1. The van der Waals surface area contributed by atoms with Crippen LogP contribution in [0.3, 0.4) is 0 Å². The molecule has 0 bridgehead atoms. The second kappa shape index (κ2) is 7.59. The summed E-state index contributed by atoms with van der Waals surface area (Å²) in [4.78, 5) is 24.8. The number of alkyl carbamates (subject to hydrolysis) is 1. The van der Waals surface area contributed by atoms with Crippen LogP contribution in [0.25, 0.3) is 0 Å². The number of nitrogens with one attached hydrogen (secondary N) is 1. The number of amides is 1. The van der Waals surface area contributed by atoms with Gasteiger partial charge >= 0.3 is 6.09 Å². The number of ether oxygens (including phenoxy) is 1. The van der Waals surface area contributed by atoms with E-state index in [1.807, 2.05) is 0 Å². The molecule has 7 heteroatoms. The molecule has 2 rings (SSSR count). The third-order valence-electron chi connectivity index (χ3n) is 3.33. The van der Waals surface area contributed by atoms with E-state index in [-0.39, 0.29) is 11.1 Å². The molecule has 0 heterocycles. The maximum Gasteiger partial charge on any atom is 0.408 e. The van der Waals surface area contributed by atoms with Crippen LogP contribution in [0.5, 0.6) is 0 Å². The first kappa shape index (κ1) is 19.5. The van der Waals surface area contributed by atoms with Crippen molar-refractivity contribution < 1.29 is 27.5 Å². The van der Waals surface area contributed by atoms with Crippen LogP contribution in [-0.4, -0.2) is 17.5 Å². The fourth-order valence-corrected chi connectivity index (χ4v) is 2.20. The molecule has 1 unspecified atom stereocenters. The molecule has 0 spiro atoms. The van der Waals surface area contributed by atoms with Gasteiger partial charge in [0, 0.05) is 5.56 Å². The van der Waals surface area contributed by atoms with Crippen LogP contribution in [0, 0.1) is 17.5 Å². The zero-order valence-electron chi connectivity index (χ0n) is 14.5. The van der Waals surface area contributed by atoms with Gasteiger partial charge in [0.2, 0.25) is 0 Å². The van der Waals surface area contributed by atoms with Crippen molar-refractivity contribution in [1.82, 2.24) is 5.32 Å². The van der Waals surface area contributed by atoms with E-state index in [1.165, 1.54) is 12.1 Å². The van der Waals surface area contributed by atoms with Crippen LogP contribution in [0.4, 0.5) is 18.0 Å². The molecule has 0 fully saturated rings. The monoisotopic (exact) mass is 365 g/mol. The Morgan fingerprint density at radius 1 is 0.962 bits per heavy atom. The predicted octanol–water partition coefficient (Wildman–Crippen LogP) is 4.55. The molecule has 0 radical (unpaired) electrons. The summed E-state index contributed by atoms with van der Waals surface area (Å²) in [5.74, 6) is -3.50. The van der Waals surface area contributed by atoms with Crippen molar-refractivity contribution in [3.63, 3.8) is 0 Å². The van der Waals surface area contributed by atoms with Gasteiger partial charge in [-0.1, -0.05) is 12.1 Å². The quantitative estimate of drug-likeness (QED) is 0.809. The fraction of sp³-hybridized carbons (Fsp3) is 0.263. The van der Waals surface area contributed by atoms with Crippen LogP contribution >= 0.6 is 0 Å². The molecule has 0 aliphatic heterocycles. The maximum absolute atomic E-state index is 13.5. The molecule has 1 amide bonds. The molecule has 0 saturated carbocycles. The van der Waals surface area contributed by atoms with Crippen molar-refractivity contribution >= 4 is 11.9 Å². The van der Waals surface area contributed by atoms with Gasteiger partial charge in [-0.2, -0.15) is 0 Å². The number of hydrogen-bond donors (Lipinski definition) is 1. The zero-order valence-corrected chi connectivity index (χ0v) is 14.5. The van der Waals surface area contributed by atoms with E-state index < -0.39 is 41.0 Å². The van der Waals surface area contributed by atoms with Gasteiger partial charge in [-0.05, 0) is 56.7 Å². The number of rotatable bonds is 4. The average molecular weight is 365 g/mol. The highest BCUT2D eigenvalue weighted by Crippen LogP contribution is 2.21. The van der Waals surface area contributed by atoms with E-state index in [9.17, 15) is 22.8 Å². The van der Waals surface area contributed by atoms with Crippen molar-refractivity contribution in [2.24, 2.45) is 0 Å². The van der Waals surface area contributed by atoms with E-state index in [0.717, 1.165) is 30.3 Å². The Balaban J connectivity index is 2.35. The fourth-order valence-electron chi connectivity index (χ4n) is 2.20. The Morgan fingerprint density at radius 2 is 1.58 bits per heavy atom. The molecule has 0 aliphatic carbocycles. The first-order valence-corrected chi connectivity index (χ1v) is 7.81. The van der Waals surface area contributed by atoms with Gasteiger partial charge in [0.15, 0.2) is 17.4 Å². The van der Waals surface area contributed by atoms with E-state index in [4.69, 9.17) is 4.74 Å². The summed E-state index contributed by atoms with van der Waals surface area (Å²) < 4.78 is 44.9. The lowest BCUT2D eigenvalue weighted by Gasteiger charge is -2.23. The molecule has 0 aromatic heterocycles. The Labute approximate surface area is 149 Å². The molecule has 4 nitrogen and oxygen atoms in total. The smallest absolute Gasteiger partial charge is 0.408 e. The van der Waals surface area contributed by atoms with Crippen LogP contribution in [0.15, 0.2) is 42.5 Å². The number of carbonyl (C=O) groups excluding carboxylic acids is 2. The van der Waals surface area contributed by atoms with Gasteiger partial charge in [0.05, 0.1) is 0 Å². The molecule has 0 saturated heterocycles. The van der Waals surface area contributed by atoms with Gasteiger partial charge < -0.3 is 10.1 Å². The average Bonchev–Trinajstić information content (AvgIpc) is 2.54. The Morgan fingerprint density at radius 3 is 2.12 bits per heavy atom. The number of ketones is 1.